The van der Waals surface area contributed by atoms with Crippen molar-refractivity contribution in [3.8, 4) is 17.7 Å². The maximum absolute atomic E-state index is 12.1. The normalized spacial score (nSPS) is 22.4. The number of hydrogen-bond donors (Lipinski definition) is 2. The lowest BCUT2D eigenvalue weighted by atomic mass is 9.76. The van der Waals surface area contributed by atoms with Crippen LogP contribution >= 0.6 is 0 Å². The van der Waals surface area contributed by atoms with Gasteiger partial charge in [-0.05, 0) is 36.8 Å². The zero-order valence-corrected chi connectivity index (χ0v) is 17.4. The van der Waals surface area contributed by atoms with E-state index in [0.29, 0.717) is 17.9 Å². The molecule has 8 nitrogen and oxygen atoms in total. The Morgan fingerprint density at radius 1 is 1.33 bits per heavy atom. The number of likely N-dealkylation sites (tertiary alicyclic amines) is 1. The van der Waals surface area contributed by atoms with Crippen molar-refractivity contribution in [2.75, 3.05) is 13.6 Å². The van der Waals surface area contributed by atoms with E-state index in [0.717, 1.165) is 30.5 Å². The molecule has 0 bridgehead atoms. The number of nitrogens with zero attached hydrogens (tertiary/aromatic N) is 4. The molecule has 0 aromatic carbocycles. The maximum atomic E-state index is 12.1. The Kier molecular flexibility index (Phi) is 4.66. The van der Waals surface area contributed by atoms with Gasteiger partial charge in [0.1, 0.15) is 0 Å². The average molecular weight is 407 g/mol. The fourth-order valence-corrected chi connectivity index (χ4v) is 4.10. The van der Waals surface area contributed by atoms with Gasteiger partial charge >= 0.3 is 0 Å². The molecule has 3 N–H and O–H groups in total. The summed E-state index contributed by atoms with van der Waals surface area (Å²) in [6, 6.07) is 3.44. The monoisotopic (exact) mass is 407 g/mol. The molecule has 0 spiro atoms. The molecule has 2 aliphatic rings. The van der Waals surface area contributed by atoms with Gasteiger partial charge in [0, 0.05) is 37.3 Å². The molecule has 156 valence electrons. The molecule has 1 unspecified atom stereocenters. The van der Waals surface area contributed by atoms with Crippen LogP contribution in [0.25, 0.3) is 5.82 Å². The lowest BCUT2D eigenvalue weighted by molar-refractivity contribution is -0.137. The first-order chi connectivity index (χ1) is 14.1. The standard InChI is InChI=1S/C22H25N5O3/c1-21(2)7-5-16-15(13-21)18(19(23)28)25-27(16)17-12-14(6-10-24-17)4-8-22(30)9-11-26(3)20(22)29/h6,10,12,30H,5,7,9,11,13H2,1-3H3,(H2,23,28). The highest BCUT2D eigenvalue weighted by atomic mass is 16.3. The van der Waals surface area contributed by atoms with Crippen molar-refractivity contribution in [3.05, 3.63) is 40.8 Å². The van der Waals surface area contributed by atoms with Crippen LogP contribution in [-0.2, 0) is 17.6 Å². The van der Waals surface area contributed by atoms with E-state index in [1.54, 1.807) is 30.1 Å². The smallest absolute Gasteiger partial charge is 0.269 e. The molecule has 8 heteroatoms. The minimum Gasteiger partial charge on any atom is -0.369 e. The number of carbonyl (C=O) groups excluding carboxylic acids is 2. The molecule has 1 atom stereocenters. The van der Waals surface area contributed by atoms with E-state index in [4.69, 9.17) is 5.73 Å². The topological polar surface area (TPSA) is 114 Å². The number of fused-ring (bicyclic) bond motifs is 1. The molecule has 1 fully saturated rings. The number of aromatic nitrogens is 3. The molecule has 4 rings (SSSR count). The number of primary amides is 1. The van der Waals surface area contributed by atoms with Gasteiger partial charge in [-0.2, -0.15) is 5.10 Å². The second-order valence-corrected chi connectivity index (χ2v) is 8.88. The fourth-order valence-electron chi connectivity index (χ4n) is 4.10. The van der Waals surface area contributed by atoms with Crippen LogP contribution < -0.4 is 5.73 Å². The second-order valence-electron chi connectivity index (χ2n) is 8.88. The van der Waals surface area contributed by atoms with E-state index in [9.17, 15) is 14.7 Å². The molecule has 0 radical (unpaired) electrons. The third-order valence-corrected chi connectivity index (χ3v) is 5.90. The minimum atomic E-state index is -1.66. The third-order valence-electron chi connectivity index (χ3n) is 5.90. The number of pyridine rings is 1. The van der Waals surface area contributed by atoms with Crippen LogP contribution in [0, 0.1) is 17.3 Å². The van der Waals surface area contributed by atoms with Crippen LogP contribution in [0.1, 0.15) is 54.0 Å². The van der Waals surface area contributed by atoms with Crippen LogP contribution in [0.3, 0.4) is 0 Å². The number of amides is 2. The van der Waals surface area contributed by atoms with Crippen molar-refractivity contribution in [2.24, 2.45) is 11.1 Å². The highest BCUT2D eigenvalue weighted by Crippen LogP contribution is 2.37. The number of nitrogens with two attached hydrogens (primary N) is 1. The predicted molar refractivity (Wildman–Crippen MR) is 110 cm³/mol. The largest absolute Gasteiger partial charge is 0.369 e. The van der Waals surface area contributed by atoms with Crippen LogP contribution in [0.2, 0.25) is 0 Å². The van der Waals surface area contributed by atoms with Gasteiger partial charge in [0.2, 0.25) is 5.60 Å². The average Bonchev–Trinajstić information content (AvgIpc) is 3.19. The van der Waals surface area contributed by atoms with Crippen LogP contribution in [0.15, 0.2) is 18.3 Å². The molecular weight excluding hydrogens is 382 g/mol. The first kappa shape index (κ1) is 20.1. The Morgan fingerprint density at radius 3 is 2.77 bits per heavy atom. The summed E-state index contributed by atoms with van der Waals surface area (Å²) < 4.78 is 1.67. The van der Waals surface area contributed by atoms with E-state index in [1.165, 1.54) is 4.90 Å². The zero-order chi connectivity index (χ0) is 21.7. The van der Waals surface area contributed by atoms with Gasteiger partial charge in [-0.3, -0.25) is 9.59 Å². The van der Waals surface area contributed by atoms with Crippen LogP contribution in [0.5, 0.6) is 0 Å². The lowest BCUT2D eigenvalue weighted by Gasteiger charge is -2.29. The summed E-state index contributed by atoms with van der Waals surface area (Å²) in [4.78, 5) is 30.0. The van der Waals surface area contributed by atoms with Crippen LogP contribution in [-0.4, -0.2) is 55.8 Å². The minimum absolute atomic E-state index is 0.0717. The van der Waals surface area contributed by atoms with Gasteiger partial charge in [-0.25, -0.2) is 9.67 Å². The van der Waals surface area contributed by atoms with Crippen LogP contribution in [0.4, 0.5) is 0 Å². The summed E-state index contributed by atoms with van der Waals surface area (Å²) in [6.45, 7) is 4.80. The van der Waals surface area contributed by atoms with Gasteiger partial charge in [-0.1, -0.05) is 25.7 Å². The highest BCUT2D eigenvalue weighted by molar-refractivity contribution is 5.93. The Morgan fingerprint density at radius 2 is 2.10 bits per heavy atom. The third kappa shape index (κ3) is 3.46. The van der Waals surface area contributed by atoms with Gasteiger partial charge in [0.25, 0.3) is 11.8 Å². The summed E-state index contributed by atoms with van der Waals surface area (Å²) in [5, 5.41) is 15.0. The summed E-state index contributed by atoms with van der Waals surface area (Å²) in [7, 11) is 1.64. The van der Waals surface area contributed by atoms with Gasteiger partial charge in [0.15, 0.2) is 11.5 Å². The fraction of sp³-hybridized carbons (Fsp3) is 0.455. The Labute approximate surface area is 175 Å². The highest BCUT2D eigenvalue weighted by Gasteiger charge is 2.42. The predicted octanol–water partition coefficient (Wildman–Crippen LogP) is 0.826. The quantitative estimate of drug-likeness (QED) is 0.716. The van der Waals surface area contributed by atoms with E-state index < -0.39 is 11.5 Å². The van der Waals surface area contributed by atoms with Crippen molar-refractivity contribution in [1.29, 1.82) is 0 Å². The molecule has 2 aromatic heterocycles. The Balaban J connectivity index is 1.72. The van der Waals surface area contributed by atoms with Gasteiger partial charge in [0.05, 0.1) is 5.69 Å². The summed E-state index contributed by atoms with van der Waals surface area (Å²) in [5.74, 6) is 5.18. The SMILES string of the molecule is CN1CCC(O)(C#Cc2ccnc(-n3nc(C(N)=O)c4c3CCC(C)(C)C4)c2)C1=O. The molecule has 2 amide bonds. The molecule has 1 aliphatic carbocycles. The first-order valence-electron chi connectivity index (χ1n) is 9.98. The number of carbonyl (C=O) groups is 2. The Bertz CT molecular complexity index is 1110. The molecule has 1 aliphatic heterocycles. The van der Waals surface area contributed by atoms with Crippen molar-refractivity contribution in [3.63, 3.8) is 0 Å². The summed E-state index contributed by atoms with van der Waals surface area (Å²) in [5.41, 5.74) is 6.69. The van der Waals surface area contributed by atoms with Crippen molar-refractivity contribution >= 4 is 11.8 Å². The number of hydrogen-bond acceptors (Lipinski definition) is 5. The zero-order valence-electron chi connectivity index (χ0n) is 17.4. The van der Waals surface area contributed by atoms with E-state index in [1.807, 2.05) is 0 Å². The summed E-state index contributed by atoms with van der Waals surface area (Å²) in [6.07, 6.45) is 4.32. The maximum Gasteiger partial charge on any atom is 0.269 e. The first-order valence-corrected chi connectivity index (χ1v) is 9.98. The molecular formula is C22H25N5O3. The number of rotatable bonds is 2. The van der Waals surface area contributed by atoms with E-state index in [2.05, 4.69) is 35.8 Å². The van der Waals surface area contributed by atoms with Crippen molar-refractivity contribution in [1.82, 2.24) is 19.7 Å². The molecule has 0 saturated carbocycles. The van der Waals surface area contributed by atoms with E-state index >= 15 is 0 Å². The van der Waals surface area contributed by atoms with Gasteiger partial charge < -0.3 is 15.7 Å². The molecule has 2 aromatic rings. The number of likely N-dealkylation sites (N-methyl/N-ethyl adjacent to an activating group) is 1. The molecule has 30 heavy (non-hydrogen) atoms. The summed E-state index contributed by atoms with van der Waals surface area (Å²) >= 11 is 0. The van der Waals surface area contributed by atoms with E-state index in [-0.39, 0.29) is 23.4 Å². The molecule has 3 heterocycles. The van der Waals surface area contributed by atoms with Crippen molar-refractivity contribution < 1.29 is 14.7 Å². The Hall–Kier alpha value is -3.18. The molecule has 1 saturated heterocycles. The van der Waals surface area contributed by atoms with Gasteiger partial charge in [-0.15, -0.1) is 0 Å². The second kappa shape index (κ2) is 6.96. The number of aliphatic hydroxyl groups is 1. The van der Waals surface area contributed by atoms with Crippen molar-refractivity contribution in [2.45, 2.75) is 45.1 Å². The lowest BCUT2D eigenvalue weighted by Crippen LogP contribution is -2.37.